The summed E-state index contributed by atoms with van der Waals surface area (Å²) in [7, 11) is 0. The van der Waals surface area contributed by atoms with Crippen molar-refractivity contribution >= 4 is 11.9 Å². The molecule has 1 aromatic heterocycles. The summed E-state index contributed by atoms with van der Waals surface area (Å²) < 4.78 is 0. The number of amides is 3. The molecule has 1 aliphatic carbocycles. The molecule has 1 N–H and O–H groups in total. The van der Waals surface area contributed by atoms with Crippen LogP contribution in [-0.2, 0) is 11.3 Å². The van der Waals surface area contributed by atoms with Crippen molar-refractivity contribution in [1.82, 2.24) is 25.0 Å². The molecule has 1 aromatic rings. The van der Waals surface area contributed by atoms with Gasteiger partial charge in [0.05, 0.1) is 6.67 Å². The number of carbonyl (C=O) groups is 2. The topological polar surface area (TPSA) is 68.8 Å². The van der Waals surface area contributed by atoms with E-state index in [1.54, 1.807) is 0 Å². The molecule has 3 amide bonds. The number of aromatic nitrogens is 1. The molecule has 2 aliphatic heterocycles. The van der Waals surface area contributed by atoms with Crippen LogP contribution in [0.4, 0.5) is 4.79 Å². The standard InChI is InChI=1S/C19H27N5O2/c25-17-19(6-2-1-3-7-19)21-18(26)24(17)15-23-12-10-22(11-13-23)14-16-4-8-20-9-5-16/h4-5,8-9H,1-3,6-7,10-15H2,(H,21,26). The Kier molecular flexibility index (Phi) is 4.91. The van der Waals surface area contributed by atoms with Gasteiger partial charge in [0.15, 0.2) is 0 Å². The monoisotopic (exact) mass is 357 g/mol. The maximum Gasteiger partial charge on any atom is 0.326 e. The first-order valence-electron chi connectivity index (χ1n) is 9.64. The zero-order valence-corrected chi connectivity index (χ0v) is 15.2. The van der Waals surface area contributed by atoms with E-state index in [1.165, 1.54) is 10.5 Å². The smallest absolute Gasteiger partial charge is 0.323 e. The van der Waals surface area contributed by atoms with Gasteiger partial charge in [-0.15, -0.1) is 0 Å². The summed E-state index contributed by atoms with van der Waals surface area (Å²) in [5, 5.41) is 2.99. The number of pyridine rings is 1. The number of urea groups is 1. The van der Waals surface area contributed by atoms with Crippen molar-refractivity contribution in [2.75, 3.05) is 32.8 Å². The Balaban J connectivity index is 1.30. The van der Waals surface area contributed by atoms with Gasteiger partial charge in [-0.25, -0.2) is 9.69 Å². The molecule has 3 aliphatic rings. The lowest BCUT2D eigenvalue weighted by atomic mass is 9.82. The van der Waals surface area contributed by atoms with Crippen molar-refractivity contribution in [3.8, 4) is 0 Å². The van der Waals surface area contributed by atoms with Gasteiger partial charge in [0.25, 0.3) is 5.91 Å². The third kappa shape index (κ3) is 3.46. The minimum Gasteiger partial charge on any atom is -0.323 e. The van der Waals surface area contributed by atoms with Crippen molar-refractivity contribution in [3.05, 3.63) is 30.1 Å². The summed E-state index contributed by atoms with van der Waals surface area (Å²) in [4.78, 5) is 35.4. The van der Waals surface area contributed by atoms with Crippen LogP contribution in [-0.4, -0.2) is 70.0 Å². The van der Waals surface area contributed by atoms with Crippen LogP contribution >= 0.6 is 0 Å². The quantitative estimate of drug-likeness (QED) is 0.825. The number of hydrogen-bond donors (Lipinski definition) is 1. The van der Waals surface area contributed by atoms with E-state index in [2.05, 4.69) is 20.1 Å². The Morgan fingerprint density at radius 3 is 2.31 bits per heavy atom. The second-order valence-electron chi connectivity index (χ2n) is 7.70. The highest BCUT2D eigenvalue weighted by Gasteiger charge is 2.51. The molecule has 0 unspecified atom stereocenters. The van der Waals surface area contributed by atoms with E-state index in [1.807, 2.05) is 24.5 Å². The van der Waals surface area contributed by atoms with E-state index in [4.69, 9.17) is 0 Å². The van der Waals surface area contributed by atoms with Gasteiger partial charge in [-0.1, -0.05) is 19.3 Å². The molecule has 3 fully saturated rings. The summed E-state index contributed by atoms with van der Waals surface area (Å²) in [5.74, 6) is -0.0126. The van der Waals surface area contributed by atoms with Crippen LogP contribution in [0.2, 0.25) is 0 Å². The van der Waals surface area contributed by atoms with E-state index in [0.717, 1.165) is 64.8 Å². The van der Waals surface area contributed by atoms with Gasteiger partial charge in [0.1, 0.15) is 5.54 Å². The summed E-state index contributed by atoms with van der Waals surface area (Å²) in [6, 6.07) is 3.88. The molecule has 0 bridgehead atoms. The summed E-state index contributed by atoms with van der Waals surface area (Å²) >= 11 is 0. The molecule has 7 nitrogen and oxygen atoms in total. The third-order valence-electron chi connectivity index (χ3n) is 5.91. The van der Waals surface area contributed by atoms with Crippen LogP contribution in [0.1, 0.15) is 37.7 Å². The largest absolute Gasteiger partial charge is 0.326 e. The predicted molar refractivity (Wildman–Crippen MR) is 97.1 cm³/mol. The number of imide groups is 1. The van der Waals surface area contributed by atoms with Crippen molar-refractivity contribution in [2.45, 2.75) is 44.2 Å². The van der Waals surface area contributed by atoms with Crippen LogP contribution in [0.3, 0.4) is 0 Å². The van der Waals surface area contributed by atoms with Crippen molar-refractivity contribution in [2.24, 2.45) is 0 Å². The minimum absolute atomic E-state index is 0.0126. The third-order valence-corrected chi connectivity index (χ3v) is 5.91. The van der Waals surface area contributed by atoms with Crippen molar-refractivity contribution < 1.29 is 9.59 Å². The lowest BCUT2D eigenvalue weighted by Crippen LogP contribution is -2.52. The van der Waals surface area contributed by atoms with Crippen LogP contribution < -0.4 is 5.32 Å². The van der Waals surface area contributed by atoms with E-state index in [-0.39, 0.29) is 11.9 Å². The number of piperazine rings is 1. The fourth-order valence-corrected chi connectivity index (χ4v) is 4.33. The average molecular weight is 357 g/mol. The van der Waals surface area contributed by atoms with Gasteiger partial charge >= 0.3 is 6.03 Å². The molecule has 4 rings (SSSR count). The first kappa shape index (κ1) is 17.4. The van der Waals surface area contributed by atoms with Crippen LogP contribution in [0.5, 0.6) is 0 Å². The second-order valence-corrected chi connectivity index (χ2v) is 7.70. The first-order valence-corrected chi connectivity index (χ1v) is 9.64. The Labute approximate surface area is 154 Å². The van der Waals surface area contributed by atoms with Gasteiger partial charge < -0.3 is 5.32 Å². The van der Waals surface area contributed by atoms with E-state index >= 15 is 0 Å². The number of nitrogens with zero attached hydrogens (tertiary/aromatic N) is 4. The van der Waals surface area contributed by atoms with Gasteiger partial charge in [-0.2, -0.15) is 0 Å². The first-order chi connectivity index (χ1) is 12.7. The fourth-order valence-electron chi connectivity index (χ4n) is 4.33. The molecular formula is C19H27N5O2. The highest BCUT2D eigenvalue weighted by molar-refractivity contribution is 6.07. The molecule has 0 radical (unpaired) electrons. The van der Waals surface area contributed by atoms with Gasteiger partial charge in [0.2, 0.25) is 0 Å². The van der Waals surface area contributed by atoms with E-state index in [9.17, 15) is 9.59 Å². The summed E-state index contributed by atoms with van der Waals surface area (Å²) in [5.41, 5.74) is 0.653. The molecular weight excluding hydrogens is 330 g/mol. The molecule has 1 spiro atoms. The van der Waals surface area contributed by atoms with E-state index < -0.39 is 5.54 Å². The number of nitrogens with one attached hydrogen (secondary N) is 1. The lowest BCUT2D eigenvalue weighted by molar-refractivity contribution is -0.134. The molecule has 0 atom stereocenters. The Hall–Kier alpha value is -1.99. The van der Waals surface area contributed by atoms with Gasteiger partial charge in [0, 0.05) is 45.1 Å². The molecule has 1 saturated carbocycles. The van der Waals surface area contributed by atoms with E-state index in [0.29, 0.717) is 6.67 Å². The molecule has 7 heteroatoms. The maximum absolute atomic E-state index is 12.9. The average Bonchev–Trinajstić information content (AvgIpc) is 2.89. The zero-order chi connectivity index (χ0) is 18.0. The molecule has 26 heavy (non-hydrogen) atoms. The Morgan fingerprint density at radius 2 is 1.62 bits per heavy atom. The number of hydrogen-bond acceptors (Lipinski definition) is 5. The molecule has 0 aromatic carbocycles. The molecule has 2 saturated heterocycles. The van der Waals surface area contributed by atoms with Crippen LogP contribution in [0.25, 0.3) is 0 Å². The fraction of sp³-hybridized carbons (Fsp3) is 0.632. The normalized spacial score (nSPS) is 24.2. The minimum atomic E-state index is -0.613. The van der Waals surface area contributed by atoms with Crippen molar-refractivity contribution in [1.29, 1.82) is 0 Å². The summed E-state index contributed by atoms with van der Waals surface area (Å²) in [6.45, 7) is 4.95. The maximum atomic E-state index is 12.9. The Bertz CT molecular complexity index is 651. The molecule has 3 heterocycles. The predicted octanol–water partition coefficient (Wildman–Crippen LogP) is 1.41. The Morgan fingerprint density at radius 1 is 0.962 bits per heavy atom. The van der Waals surface area contributed by atoms with Gasteiger partial charge in [-0.05, 0) is 30.5 Å². The highest BCUT2D eigenvalue weighted by Crippen LogP contribution is 2.33. The number of rotatable bonds is 4. The van der Waals surface area contributed by atoms with Crippen LogP contribution in [0, 0.1) is 0 Å². The van der Waals surface area contributed by atoms with Crippen molar-refractivity contribution in [3.63, 3.8) is 0 Å². The molecule has 140 valence electrons. The van der Waals surface area contributed by atoms with Crippen LogP contribution in [0.15, 0.2) is 24.5 Å². The summed E-state index contributed by atoms with van der Waals surface area (Å²) in [6.07, 6.45) is 8.42. The second kappa shape index (κ2) is 7.32. The lowest BCUT2D eigenvalue weighted by Gasteiger charge is -2.36. The SMILES string of the molecule is O=C1NC2(CCCCC2)C(=O)N1CN1CCN(Cc2ccncc2)CC1. The zero-order valence-electron chi connectivity index (χ0n) is 15.2. The number of carbonyl (C=O) groups excluding carboxylic acids is 2. The highest BCUT2D eigenvalue weighted by atomic mass is 16.2. The van der Waals surface area contributed by atoms with Gasteiger partial charge in [-0.3, -0.25) is 19.6 Å².